The number of hydrogen-bond acceptors (Lipinski definition) is 5. The van der Waals surface area contributed by atoms with Crippen LogP contribution in [-0.2, 0) is 0 Å². The lowest BCUT2D eigenvalue weighted by Gasteiger charge is -2.06. The highest BCUT2D eigenvalue weighted by molar-refractivity contribution is 7.26. The zero-order valence-electron chi connectivity index (χ0n) is 14.1. The highest BCUT2D eigenvalue weighted by Gasteiger charge is 2.13. The fraction of sp³-hybridized carbons (Fsp3) is 0.100. The molecular weight excluding hydrogens is 364 g/mol. The summed E-state index contributed by atoms with van der Waals surface area (Å²) in [6.07, 6.45) is 0. The Bertz CT molecular complexity index is 1020. The van der Waals surface area contributed by atoms with E-state index < -0.39 is 0 Å². The van der Waals surface area contributed by atoms with E-state index in [0.29, 0.717) is 11.5 Å². The molecule has 0 aliphatic rings. The molecule has 0 unspecified atom stereocenters. The molecule has 0 fully saturated rings. The molecule has 4 rings (SSSR count). The van der Waals surface area contributed by atoms with Crippen LogP contribution in [0, 0.1) is 0 Å². The first kappa shape index (κ1) is 16.8. The van der Waals surface area contributed by atoms with Gasteiger partial charge in [0.2, 0.25) is 0 Å². The number of amides is 1. The van der Waals surface area contributed by atoms with Crippen LogP contribution in [0.15, 0.2) is 60.7 Å². The molecule has 26 heavy (non-hydrogen) atoms. The summed E-state index contributed by atoms with van der Waals surface area (Å²) in [5.41, 5.74) is 1.73. The molecule has 0 radical (unpaired) electrons. The quantitative estimate of drug-likeness (QED) is 0.485. The van der Waals surface area contributed by atoms with Crippen LogP contribution >= 0.6 is 22.7 Å². The predicted octanol–water partition coefficient (Wildman–Crippen LogP) is 5.68. The summed E-state index contributed by atoms with van der Waals surface area (Å²) in [5.74, 6) is 0.672. The van der Waals surface area contributed by atoms with Crippen molar-refractivity contribution < 1.29 is 9.53 Å². The van der Waals surface area contributed by atoms with Gasteiger partial charge in [-0.3, -0.25) is 4.79 Å². The van der Waals surface area contributed by atoms with Crippen molar-refractivity contribution in [2.75, 3.05) is 11.9 Å². The van der Waals surface area contributed by atoms with Crippen LogP contribution in [0.5, 0.6) is 5.75 Å². The van der Waals surface area contributed by atoms with Crippen molar-refractivity contribution in [2.24, 2.45) is 0 Å². The molecule has 4 nitrogen and oxygen atoms in total. The fourth-order valence-electron chi connectivity index (χ4n) is 2.55. The number of ether oxygens (including phenoxy) is 1. The minimum absolute atomic E-state index is 0.119. The summed E-state index contributed by atoms with van der Waals surface area (Å²) in [7, 11) is 0. The van der Waals surface area contributed by atoms with Crippen LogP contribution in [-0.4, -0.2) is 17.5 Å². The molecule has 4 aromatic rings. The number of nitrogens with one attached hydrogen (secondary N) is 1. The third-order valence-corrected chi connectivity index (χ3v) is 6.05. The fourth-order valence-corrected chi connectivity index (χ4v) is 4.47. The molecule has 0 aliphatic heterocycles. The normalized spacial score (nSPS) is 10.8. The molecule has 0 saturated heterocycles. The van der Waals surface area contributed by atoms with Gasteiger partial charge in [0.15, 0.2) is 0 Å². The van der Waals surface area contributed by atoms with E-state index in [4.69, 9.17) is 4.74 Å². The van der Waals surface area contributed by atoms with Crippen molar-refractivity contribution in [3.63, 3.8) is 0 Å². The van der Waals surface area contributed by atoms with E-state index in [1.165, 1.54) is 11.3 Å². The summed E-state index contributed by atoms with van der Waals surface area (Å²) in [6, 6.07) is 19.2. The van der Waals surface area contributed by atoms with Gasteiger partial charge in [-0.1, -0.05) is 12.1 Å². The molecule has 0 bridgehead atoms. The average molecular weight is 380 g/mol. The standard InChI is InChI=1S/C20H16N2O2S2/c1-2-24-14-9-7-13(8-10-14)21-19(23)17-11-12-18(25-17)20-22-15-5-3-4-6-16(15)26-20/h3-12H,2H2,1H3,(H,21,23). The van der Waals surface area contributed by atoms with Crippen molar-refractivity contribution >= 4 is 44.5 Å². The van der Waals surface area contributed by atoms with Gasteiger partial charge in [0.1, 0.15) is 10.8 Å². The summed E-state index contributed by atoms with van der Waals surface area (Å²) < 4.78 is 6.56. The number of carbonyl (C=O) groups is 1. The maximum absolute atomic E-state index is 12.5. The van der Waals surface area contributed by atoms with E-state index in [1.807, 2.05) is 61.5 Å². The van der Waals surface area contributed by atoms with Crippen LogP contribution in [0.4, 0.5) is 5.69 Å². The Balaban J connectivity index is 1.50. The number of thiophene rings is 1. The molecule has 0 atom stereocenters. The monoisotopic (exact) mass is 380 g/mol. The number of anilines is 1. The maximum atomic E-state index is 12.5. The van der Waals surface area contributed by atoms with Gasteiger partial charge in [0.25, 0.3) is 5.91 Å². The number of rotatable bonds is 5. The molecule has 0 saturated carbocycles. The van der Waals surface area contributed by atoms with E-state index in [2.05, 4.69) is 16.4 Å². The molecule has 0 aliphatic carbocycles. The summed E-state index contributed by atoms with van der Waals surface area (Å²) in [4.78, 5) is 18.8. The van der Waals surface area contributed by atoms with Gasteiger partial charge in [0, 0.05) is 5.69 Å². The van der Waals surface area contributed by atoms with Crippen LogP contribution in [0.1, 0.15) is 16.6 Å². The highest BCUT2D eigenvalue weighted by Crippen LogP contribution is 2.34. The van der Waals surface area contributed by atoms with E-state index >= 15 is 0 Å². The third kappa shape index (κ3) is 3.47. The lowest BCUT2D eigenvalue weighted by atomic mass is 10.3. The van der Waals surface area contributed by atoms with Gasteiger partial charge in [-0.15, -0.1) is 22.7 Å². The number of benzene rings is 2. The molecule has 2 heterocycles. The molecule has 2 aromatic carbocycles. The number of fused-ring (bicyclic) bond motifs is 1. The molecule has 2 aromatic heterocycles. The Hall–Kier alpha value is -2.70. The van der Waals surface area contributed by atoms with Crippen molar-refractivity contribution in [1.82, 2.24) is 4.98 Å². The minimum Gasteiger partial charge on any atom is -0.494 e. The Kier molecular flexibility index (Phi) is 4.69. The lowest BCUT2D eigenvalue weighted by molar-refractivity contribution is 0.103. The number of para-hydroxylation sites is 1. The second kappa shape index (κ2) is 7.27. The first-order valence-corrected chi connectivity index (χ1v) is 9.86. The Morgan fingerprint density at radius 3 is 2.62 bits per heavy atom. The summed E-state index contributed by atoms with van der Waals surface area (Å²) >= 11 is 3.09. The van der Waals surface area contributed by atoms with Gasteiger partial charge in [-0.05, 0) is 55.5 Å². The number of aromatic nitrogens is 1. The van der Waals surface area contributed by atoms with E-state index in [0.717, 1.165) is 31.5 Å². The summed E-state index contributed by atoms with van der Waals surface area (Å²) in [6.45, 7) is 2.56. The Morgan fingerprint density at radius 1 is 1.04 bits per heavy atom. The predicted molar refractivity (Wildman–Crippen MR) is 108 cm³/mol. The van der Waals surface area contributed by atoms with Gasteiger partial charge < -0.3 is 10.1 Å². The van der Waals surface area contributed by atoms with Crippen LogP contribution in [0.3, 0.4) is 0 Å². The smallest absolute Gasteiger partial charge is 0.265 e. The number of carbonyl (C=O) groups excluding carboxylic acids is 1. The van der Waals surface area contributed by atoms with Crippen LogP contribution in [0.2, 0.25) is 0 Å². The topological polar surface area (TPSA) is 51.2 Å². The highest BCUT2D eigenvalue weighted by atomic mass is 32.1. The zero-order chi connectivity index (χ0) is 17.9. The second-order valence-electron chi connectivity index (χ2n) is 5.56. The van der Waals surface area contributed by atoms with E-state index in [-0.39, 0.29) is 5.91 Å². The SMILES string of the molecule is CCOc1ccc(NC(=O)c2ccc(-c3nc4ccccc4s3)s2)cc1. The van der Waals surface area contributed by atoms with Crippen molar-refractivity contribution in [3.8, 4) is 15.6 Å². The van der Waals surface area contributed by atoms with Crippen LogP contribution < -0.4 is 10.1 Å². The Labute approximate surface area is 159 Å². The first-order chi connectivity index (χ1) is 12.7. The van der Waals surface area contributed by atoms with Crippen molar-refractivity contribution in [3.05, 3.63) is 65.5 Å². The van der Waals surface area contributed by atoms with E-state index in [9.17, 15) is 4.79 Å². The van der Waals surface area contributed by atoms with Crippen LogP contribution in [0.25, 0.3) is 20.1 Å². The minimum atomic E-state index is -0.119. The van der Waals surface area contributed by atoms with Crippen molar-refractivity contribution in [1.29, 1.82) is 0 Å². The molecule has 0 spiro atoms. The molecule has 1 amide bonds. The molecule has 130 valence electrons. The van der Waals surface area contributed by atoms with E-state index in [1.54, 1.807) is 11.3 Å². The lowest BCUT2D eigenvalue weighted by Crippen LogP contribution is -2.09. The van der Waals surface area contributed by atoms with Gasteiger partial charge in [0.05, 0.1) is 26.6 Å². The maximum Gasteiger partial charge on any atom is 0.265 e. The zero-order valence-corrected chi connectivity index (χ0v) is 15.7. The number of thiazole rings is 1. The Morgan fingerprint density at radius 2 is 1.85 bits per heavy atom. The second-order valence-corrected chi connectivity index (χ2v) is 7.68. The third-order valence-electron chi connectivity index (χ3n) is 3.76. The average Bonchev–Trinajstić information content (AvgIpc) is 3.30. The number of nitrogens with zero attached hydrogens (tertiary/aromatic N) is 1. The molecule has 6 heteroatoms. The largest absolute Gasteiger partial charge is 0.494 e. The molecular formula is C20H16N2O2S2. The van der Waals surface area contributed by atoms with Gasteiger partial charge in [-0.25, -0.2) is 4.98 Å². The number of hydrogen-bond donors (Lipinski definition) is 1. The van der Waals surface area contributed by atoms with Gasteiger partial charge in [-0.2, -0.15) is 0 Å². The summed E-state index contributed by atoms with van der Waals surface area (Å²) in [5, 5.41) is 3.86. The first-order valence-electron chi connectivity index (χ1n) is 8.23. The van der Waals surface area contributed by atoms with Crippen molar-refractivity contribution in [2.45, 2.75) is 6.92 Å². The molecule has 1 N–H and O–H groups in total. The van der Waals surface area contributed by atoms with Gasteiger partial charge >= 0.3 is 0 Å².